The third-order valence-electron chi connectivity index (χ3n) is 4.95. The van der Waals surface area contributed by atoms with Gasteiger partial charge in [0, 0.05) is 30.4 Å². The van der Waals surface area contributed by atoms with E-state index >= 15 is 0 Å². The summed E-state index contributed by atoms with van der Waals surface area (Å²) in [5, 5.41) is 0.776. The summed E-state index contributed by atoms with van der Waals surface area (Å²) in [6.45, 7) is 1.73. The number of likely N-dealkylation sites (tertiary alicyclic amines) is 1. The van der Waals surface area contributed by atoms with Crippen LogP contribution in [0.4, 0.5) is 0 Å². The molecule has 1 aliphatic heterocycles. The van der Waals surface area contributed by atoms with Crippen LogP contribution in [0.1, 0.15) is 41.4 Å². The van der Waals surface area contributed by atoms with Crippen LogP contribution >= 0.6 is 11.6 Å². The molecule has 4 rings (SSSR count). The predicted molar refractivity (Wildman–Crippen MR) is 91.9 cm³/mol. The summed E-state index contributed by atoms with van der Waals surface area (Å²) < 4.78 is 2.16. The lowest BCUT2D eigenvalue weighted by atomic mass is 9.99. The topological polar surface area (TPSA) is 25.2 Å². The summed E-state index contributed by atoms with van der Waals surface area (Å²) in [6.07, 6.45) is 6.55. The second kappa shape index (κ2) is 6.04. The molecule has 0 bridgehead atoms. The molecule has 1 aliphatic carbocycles. The fourth-order valence-corrected chi connectivity index (χ4v) is 3.67. The highest BCUT2D eigenvalue weighted by Crippen LogP contribution is 2.36. The summed E-state index contributed by atoms with van der Waals surface area (Å²) in [4.78, 5) is 14.8. The summed E-state index contributed by atoms with van der Waals surface area (Å²) in [7, 11) is 0. The Kier molecular flexibility index (Phi) is 3.90. The molecule has 0 spiro atoms. The maximum atomic E-state index is 12.8. The summed E-state index contributed by atoms with van der Waals surface area (Å²) in [6, 6.07) is 12.6. The van der Waals surface area contributed by atoms with Gasteiger partial charge in [-0.3, -0.25) is 4.79 Å². The molecule has 2 fully saturated rings. The minimum atomic E-state index is 0.195. The van der Waals surface area contributed by atoms with Gasteiger partial charge in [-0.15, -0.1) is 0 Å². The van der Waals surface area contributed by atoms with E-state index in [0.717, 1.165) is 36.6 Å². The maximum absolute atomic E-state index is 12.8. The molecule has 1 aromatic carbocycles. The molecule has 4 heteroatoms. The van der Waals surface area contributed by atoms with Gasteiger partial charge in [-0.1, -0.05) is 23.7 Å². The fourth-order valence-electron chi connectivity index (χ4n) is 3.55. The Morgan fingerprint density at radius 1 is 1.13 bits per heavy atom. The highest BCUT2D eigenvalue weighted by atomic mass is 35.5. The number of rotatable bonds is 4. The van der Waals surface area contributed by atoms with Crippen LogP contribution in [0.2, 0.25) is 5.02 Å². The molecule has 0 radical (unpaired) electrons. The SMILES string of the molecule is O=C(c1cccn1C1CC1)N1CCC(Cc2ccc(Cl)cc2)C1. The van der Waals surface area contributed by atoms with Crippen LogP contribution in [0.15, 0.2) is 42.6 Å². The van der Waals surface area contributed by atoms with E-state index in [9.17, 15) is 4.79 Å². The van der Waals surface area contributed by atoms with E-state index in [-0.39, 0.29) is 5.91 Å². The van der Waals surface area contributed by atoms with E-state index < -0.39 is 0 Å². The molecule has 1 amide bonds. The van der Waals surface area contributed by atoms with E-state index in [4.69, 9.17) is 11.6 Å². The first kappa shape index (κ1) is 14.8. The summed E-state index contributed by atoms with van der Waals surface area (Å²) in [5.74, 6) is 0.741. The largest absolute Gasteiger partial charge is 0.340 e. The summed E-state index contributed by atoms with van der Waals surface area (Å²) >= 11 is 5.94. The Labute approximate surface area is 141 Å². The highest BCUT2D eigenvalue weighted by molar-refractivity contribution is 6.30. The lowest BCUT2D eigenvalue weighted by Crippen LogP contribution is -2.30. The van der Waals surface area contributed by atoms with Crippen molar-refractivity contribution in [1.29, 1.82) is 0 Å². The number of hydrogen-bond acceptors (Lipinski definition) is 1. The number of nitrogens with zero attached hydrogens (tertiary/aromatic N) is 2. The number of amides is 1. The second-order valence-corrected chi connectivity index (χ2v) is 7.20. The minimum absolute atomic E-state index is 0.195. The Hall–Kier alpha value is -1.74. The van der Waals surface area contributed by atoms with Gasteiger partial charge in [0.15, 0.2) is 0 Å². The molecule has 2 heterocycles. The molecular weight excluding hydrogens is 308 g/mol. The van der Waals surface area contributed by atoms with Gasteiger partial charge in [0.25, 0.3) is 5.91 Å². The van der Waals surface area contributed by atoms with Crippen LogP contribution < -0.4 is 0 Å². The van der Waals surface area contributed by atoms with Gasteiger partial charge >= 0.3 is 0 Å². The third kappa shape index (κ3) is 3.16. The van der Waals surface area contributed by atoms with Gasteiger partial charge in [0.05, 0.1) is 0 Å². The number of hydrogen-bond donors (Lipinski definition) is 0. The highest BCUT2D eigenvalue weighted by Gasteiger charge is 2.31. The first-order valence-electron chi connectivity index (χ1n) is 8.41. The van der Waals surface area contributed by atoms with Crippen LogP contribution in [0.5, 0.6) is 0 Å². The van der Waals surface area contributed by atoms with Crippen molar-refractivity contribution in [3.63, 3.8) is 0 Å². The normalized spacial score (nSPS) is 20.9. The number of carbonyl (C=O) groups is 1. The lowest BCUT2D eigenvalue weighted by molar-refractivity contribution is 0.0776. The van der Waals surface area contributed by atoms with Crippen molar-refractivity contribution in [2.24, 2.45) is 5.92 Å². The van der Waals surface area contributed by atoms with E-state index in [1.165, 1.54) is 18.4 Å². The molecular formula is C19H21ClN2O. The van der Waals surface area contributed by atoms with Gasteiger partial charge < -0.3 is 9.47 Å². The van der Waals surface area contributed by atoms with Gasteiger partial charge in [-0.2, -0.15) is 0 Å². The smallest absolute Gasteiger partial charge is 0.270 e. The van der Waals surface area contributed by atoms with E-state index in [0.29, 0.717) is 12.0 Å². The molecule has 1 aromatic heterocycles. The zero-order valence-corrected chi connectivity index (χ0v) is 13.9. The van der Waals surface area contributed by atoms with Crippen molar-refractivity contribution in [3.05, 3.63) is 58.9 Å². The quantitative estimate of drug-likeness (QED) is 0.826. The molecule has 23 heavy (non-hydrogen) atoms. The lowest BCUT2D eigenvalue weighted by Gasteiger charge is -2.18. The molecule has 0 N–H and O–H groups in total. The van der Waals surface area contributed by atoms with Crippen molar-refractivity contribution < 1.29 is 4.79 Å². The zero-order chi connectivity index (χ0) is 15.8. The fraction of sp³-hybridized carbons (Fsp3) is 0.421. The Balaban J connectivity index is 1.40. The van der Waals surface area contributed by atoms with Crippen LogP contribution in [0.3, 0.4) is 0 Å². The number of benzene rings is 1. The van der Waals surface area contributed by atoms with Crippen molar-refractivity contribution in [1.82, 2.24) is 9.47 Å². The van der Waals surface area contributed by atoms with Crippen molar-refractivity contribution >= 4 is 17.5 Å². The maximum Gasteiger partial charge on any atom is 0.270 e. The Bertz CT molecular complexity index is 702. The van der Waals surface area contributed by atoms with Crippen LogP contribution in [-0.2, 0) is 6.42 Å². The van der Waals surface area contributed by atoms with Crippen LogP contribution in [0.25, 0.3) is 0 Å². The first-order chi connectivity index (χ1) is 11.2. The molecule has 1 saturated heterocycles. The Morgan fingerprint density at radius 2 is 1.91 bits per heavy atom. The van der Waals surface area contributed by atoms with Gasteiger partial charge in [0.2, 0.25) is 0 Å². The average Bonchev–Trinajstić information content (AvgIpc) is 3.10. The average molecular weight is 329 g/mol. The molecule has 2 aliphatic rings. The summed E-state index contributed by atoms with van der Waals surface area (Å²) in [5.41, 5.74) is 2.16. The zero-order valence-electron chi connectivity index (χ0n) is 13.1. The molecule has 2 aromatic rings. The van der Waals surface area contributed by atoms with E-state index in [1.54, 1.807) is 0 Å². The molecule has 1 atom stereocenters. The van der Waals surface area contributed by atoms with Gasteiger partial charge in [-0.05, 0) is 61.4 Å². The van der Waals surface area contributed by atoms with Crippen LogP contribution in [-0.4, -0.2) is 28.5 Å². The monoisotopic (exact) mass is 328 g/mol. The van der Waals surface area contributed by atoms with Crippen molar-refractivity contribution in [2.75, 3.05) is 13.1 Å². The predicted octanol–water partition coefficient (Wildman–Crippen LogP) is 4.18. The standard InChI is InChI=1S/C19H21ClN2O/c20-16-5-3-14(4-6-16)12-15-9-11-21(13-15)19(23)18-2-1-10-22(18)17-7-8-17/h1-6,10,15,17H,7-9,11-13H2. The molecule has 1 unspecified atom stereocenters. The van der Waals surface area contributed by atoms with E-state index in [2.05, 4.69) is 16.7 Å². The molecule has 3 nitrogen and oxygen atoms in total. The van der Waals surface area contributed by atoms with Crippen LogP contribution in [0, 0.1) is 5.92 Å². The second-order valence-electron chi connectivity index (χ2n) is 6.77. The number of halogens is 1. The van der Waals surface area contributed by atoms with E-state index in [1.807, 2.05) is 35.4 Å². The van der Waals surface area contributed by atoms with Crippen molar-refractivity contribution in [3.8, 4) is 0 Å². The third-order valence-corrected chi connectivity index (χ3v) is 5.20. The number of aromatic nitrogens is 1. The van der Waals surface area contributed by atoms with Gasteiger partial charge in [-0.25, -0.2) is 0 Å². The minimum Gasteiger partial charge on any atom is -0.340 e. The molecule has 120 valence electrons. The Morgan fingerprint density at radius 3 is 2.65 bits per heavy atom. The van der Waals surface area contributed by atoms with Crippen molar-refractivity contribution in [2.45, 2.75) is 31.7 Å². The number of carbonyl (C=O) groups excluding carboxylic acids is 1. The van der Waals surface area contributed by atoms with Gasteiger partial charge in [0.1, 0.15) is 5.69 Å². The first-order valence-corrected chi connectivity index (χ1v) is 8.79. The molecule has 1 saturated carbocycles.